The van der Waals surface area contributed by atoms with Crippen LogP contribution in [0.2, 0.25) is 0 Å². The maximum atomic E-state index is 12.6. The van der Waals surface area contributed by atoms with Gasteiger partial charge in [-0.1, -0.05) is 24.3 Å². The summed E-state index contributed by atoms with van der Waals surface area (Å²) >= 11 is 0. The first-order valence-electron chi connectivity index (χ1n) is 10.6. The average Bonchev–Trinajstić information content (AvgIpc) is 3.10. The fourth-order valence-electron chi connectivity index (χ4n) is 4.04. The van der Waals surface area contributed by atoms with Crippen molar-refractivity contribution in [3.05, 3.63) is 111 Å². The normalized spacial score (nSPS) is 12.8. The van der Waals surface area contributed by atoms with Crippen molar-refractivity contribution in [1.29, 1.82) is 0 Å². The summed E-state index contributed by atoms with van der Waals surface area (Å²) in [5.41, 5.74) is 3.66. The minimum Gasteiger partial charge on any atom is -0.457 e. The number of carbonyl (C=O) groups excluding carboxylic acids is 3. The number of nitrogens with zero attached hydrogens (tertiary/aromatic N) is 1. The molecule has 0 fully saturated rings. The molecule has 1 aliphatic rings. The molecule has 2 heterocycles. The lowest BCUT2D eigenvalue weighted by atomic mass is 10.0. The third-order valence-corrected chi connectivity index (χ3v) is 6.03. The lowest BCUT2D eigenvalue weighted by Crippen LogP contribution is -2.29. The highest BCUT2D eigenvalue weighted by atomic mass is 16.5. The molecule has 1 aliphatic heterocycles. The molecule has 4 aromatic rings. The second-order valence-electron chi connectivity index (χ2n) is 8.09. The Balaban J connectivity index is 1.35. The second-order valence-corrected chi connectivity index (χ2v) is 8.09. The summed E-state index contributed by atoms with van der Waals surface area (Å²) < 4.78 is 10.8. The zero-order valence-corrected chi connectivity index (χ0v) is 18.5. The van der Waals surface area contributed by atoms with Gasteiger partial charge in [0, 0.05) is 17.0 Å². The number of esters is 1. The first-order valence-corrected chi connectivity index (χ1v) is 10.6. The summed E-state index contributed by atoms with van der Waals surface area (Å²) in [6.07, 6.45) is 0. The van der Waals surface area contributed by atoms with Crippen molar-refractivity contribution in [2.24, 2.45) is 0 Å². The number of rotatable bonds is 4. The van der Waals surface area contributed by atoms with Crippen molar-refractivity contribution in [1.82, 2.24) is 0 Å². The van der Waals surface area contributed by atoms with Gasteiger partial charge < -0.3 is 9.15 Å². The Labute approximate surface area is 194 Å². The van der Waals surface area contributed by atoms with E-state index in [9.17, 15) is 19.2 Å². The highest BCUT2D eigenvalue weighted by Gasteiger charge is 2.36. The van der Waals surface area contributed by atoms with Crippen LogP contribution in [0.5, 0.6) is 0 Å². The minimum atomic E-state index is -0.598. The molecule has 2 amide bonds. The molecule has 0 atom stereocenters. The van der Waals surface area contributed by atoms with Gasteiger partial charge in [-0.05, 0) is 61.4 Å². The highest BCUT2D eigenvalue weighted by Crippen LogP contribution is 2.29. The minimum absolute atomic E-state index is 0.108. The van der Waals surface area contributed by atoms with Gasteiger partial charge in [0.1, 0.15) is 12.2 Å². The van der Waals surface area contributed by atoms with Crippen molar-refractivity contribution in [3.63, 3.8) is 0 Å². The Morgan fingerprint density at radius 2 is 1.53 bits per heavy atom. The van der Waals surface area contributed by atoms with Crippen LogP contribution in [0.3, 0.4) is 0 Å². The zero-order valence-electron chi connectivity index (χ0n) is 18.5. The quantitative estimate of drug-likeness (QED) is 0.255. The molecule has 34 heavy (non-hydrogen) atoms. The monoisotopic (exact) mass is 453 g/mol. The molecule has 5 rings (SSSR count). The number of hydrogen-bond acceptors (Lipinski definition) is 6. The van der Waals surface area contributed by atoms with Crippen LogP contribution in [0.1, 0.15) is 47.8 Å². The third-order valence-electron chi connectivity index (χ3n) is 6.03. The van der Waals surface area contributed by atoms with Gasteiger partial charge in [0.05, 0.1) is 22.4 Å². The number of ether oxygens (including phenoxy) is 1. The number of fused-ring (bicyclic) bond motifs is 2. The molecule has 0 bridgehead atoms. The summed E-state index contributed by atoms with van der Waals surface area (Å²) in [6, 6.07) is 17.7. The van der Waals surface area contributed by atoms with Gasteiger partial charge in [0.25, 0.3) is 11.8 Å². The van der Waals surface area contributed by atoms with Gasteiger partial charge in [0.15, 0.2) is 0 Å². The molecule has 0 N–H and O–H groups in total. The number of hydrogen-bond donors (Lipinski definition) is 0. The van der Waals surface area contributed by atoms with Crippen LogP contribution in [0.4, 0.5) is 5.69 Å². The molecule has 3 aromatic carbocycles. The molecule has 0 spiro atoms. The second kappa shape index (κ2) is 8.12. The molecule has 0 radical (unpaired) electrons. The average molecular weight is 453 g/mol. The maximum Gasteiger partial charge on any atom is 0.338 e. The van der Waals surface area contributed by atoms with E-state index in [0.717, 1.165) is 16.0 Å². The van der Waals surface area contributed by atoms with E-state index in [1.807, 2.05) is 26.0 Å². The molecule has 168 valence electrons. The Morgan fingerprint density at radius 3 is 2.18 bits per heavy atom. The highest BCUT2D eigenvalue weighted by molar-refractivity contribution is 6.34. The molecular weight excluding hydrogens is 434 g/mol. The molecule has 0 unspecified atom stereocenters. The van der Waals surface area contributed by atoms with Crippen molar-refractivity contribution >= 4 is 34.4 Å². The van der Waals surface area contributed by atoms with Crippen LogP contribution in [-0.4, -0.2) is 17.8 Å². The summed E-state index contributed by atoms with van der Waals surface area (Å²) in [5.74, 6) is -1.41. The van der Waals surface area contributed by atoms with Crippen LogP contribution in [0.15, 0.2) is 75.9 Å². The predicted octanol–water partition coefficient (Wildman–Crippen LogP) is 4.57. The Hall–Kier alpha value is -4.52. The van der Waals surface area contributed by atoms with Crippen LogP contribution in [0, 0.1) is 13.8 Å². The number of aryl methyl sites for hydroxylation is 2. The van der Waals surface area contributed by atoms with Crippen molar-refractivity contribution < 1.29 is 23.5 Å². The van der Waals surface area contributed by atoms with Gasteiger partial charge in [0.2, 0.25) is 0 Å². The van der Waals surface area contributed by atoms with E-state index >= 15 is 0 Å². The van der Waals surface area contributed by atoms with Gasteiger partial charge in [-0.2, -0.15) is 0 Å². The lowest BCUT2D eigenvalue weighted by Gasteiger charge is -2.14. The van der Waals surface area contributed by atoms with Crippen LogP contribution in [-0.2, 0) is 11.3 Å². The number of imide groups is 1. The Kier molecular flexibility index (Phi) is 5.09. The van der Waals surface area contributed by atoms with E-state index in [-0.39, 0.29) is 12.2 Å². The van der Waals surface area contributed by atoms with Crippen molar-refractivity contribution in [3.8, 4) is 0 Å². The topological polar surface area (TPSA) is 93.9 Å². The molecule has 0 aliphatic carbocycles. The Morgan fingerprint density at radius 1 is 0.882 bits per heavy atom. The zero-order chi connectivity index (χ0) is 24.0. The summed E-state index contributed by atoms with van der Waals surface area (Å²) in [5, 5.41) is 0.705. The summed E-state index contributed by atoms with van der Waals surface area (Å²) in [6.45, 7) is 3.68. The number of benzene rings is 3. The number of amides is 2. The van der Waals surface area contributed by atoms with Crippen LogP contribution in [0.25, 0.3) is 11.0 Å². The summed E-state index contributed by atoms with van der Waals surface area (Å²) in [4.78, 5) is 51.0. The fourth-order valence-corrected chi connectivity index (χ4v) is 4.04. The first kappa shape index (κ1) is 21.3. The van der Waals surface area contributed by atoms with Crippen molar-refractivity contribution in [2.75, 3.05) is 4.90 Å². The third kappa shape index (κ3) is 3.47. The number of anilines is 1. The van der Waals surface area contributed by atoms with Crippen molar-refractivity contribution in [2.45, 2.75) is 20.5 Å². The van der Waals surface area contributed by atoms with Gasteiger partial charge >= 0.3 is 11.6 Å². The smallest absolute Gasteiger partial charge is 0.338 e. The van der Waals surface area contributed by atoms with E-state index in [4.69, 9.17) is 9.15 Å². The van der Waals surface area contributed by atoms with Gasteiger partial charge in [-0.25, -0.2) is 14.5 Å². The lowest BCUT2D eigenvalue weighted by molar-refractivity contribution is 0.0473. The van der Waals surface area contributed by atoms with E-state index < -0.39 is 23.4 Å². The Bertz CT molecular complexity index is 1510. The van der Waals surface area contributed by atoms with Gasteiger partial charge in [-0.3, -0.25) is 9.59 Å². The largest absolute Gasteiger partial charge is 0.457 e. The number of carbonyl (C=O) groups is 3. The summed E-state index contributed by atoms with van der Waals surface area (Å²) in [7, 11) is 0. The van der Waals surface area contributed by atoms with E-state index in [0.29, 0.717) is 33.3 Å². The fraction of sp³-hybridized carbons (Fsp3) is 0.111. The molecule has 1 aromatic heterocycles. The van der Waals surface area contributed by atoms with Crippen LogP contribution >= 0.6 is 0 Å². The van der Waals surface area contributed by atoms with E-state index in [1.165, 1.54) is 30.3 Å². The molecule has 7 heteroatoms. The van der Waals surface area contributed by atoms with E-state index in [2.05, 4.69) is 0 Å². The SMILES string of the molecule is Cc1ccc2c(COC(=O)c3ccc(N4C(=O)c5ccccc5C4=O)cc3)cc(=O)oc2c1C. The first-order chi connectivity index (χ1) is 16.3. The van der Waals surface area contributed by atoms with E-state index in [1.54, 1.807) is 24.3 Å². The molecule has 7 nitrogen and oxygen atoms in total. The molecular formula is C27H19NO6. The van der Waals surface area contributed by atoms with Gasteiger partial charge in [-0.15, -0.1) is 0 Å². The maximum absolute atomic E-state index is 12.6. The standard InChI is InChI=1S/C27H19NO6/c1-15-7-12-20-18(13-23(29)34-24(20)16(15)2)14-33-27(32)17-8-10-19(11-9-17)28-25(30)21-5-3-4-6-22(21)26(28)31/h3-13H,14H2,1-2H3. The molecule has 0 saturated heterocycles. The molecule has 0 saturated carbocycles. The predicted molar refractivity (Wildman–Crippen MR) is 125 cm³/mol. The van der Waals surface area contributed by atoms with Crippen LogP contribution < -0.4 is 10.5 Å².